The van der Waals surface area contributed by atoms with Crippen LogP contribution in [-0.4, -0.2) is 29.4 Å². The SMILES string of the molecule is C[C@H](C(=O)NC1(C#N)CCCCC1)N(C)Cc1ccc(C(F)(F)F)cc1. The fourth-order valence-electron chi connectivity index (χ4n) is 3.18. The van der Waals surface area contributed by atoms with Gasteiger partial charge < -0.3 is 5.32 Å². The van der Waals surface area contributed by atoms with Crippen LogP contribution in [0.15, 0.2) is 24.3 Å². The van der Waals surface area contributed by atoms with Gasteiger partial charge in [-0.2, -0.15) is 18.4 Å². The predicted molar refractivity (Wildman–Crippen MR) is 91.9 cm³/mol. The molecular formula is C19H24F3N3O. The molecule has 0 spiro atoms. The number of carbonyl (C=O) groups excluding carboxylic acids is 1. The Kier molecular flexibility index (Phi) is 6.30. The van der Waals surface area contributed by atoms with Crippen LogP contribution >= 0.6 is 0 Å². The third kappa shape index (κ3) is 4.98. The van der Waals surface area contributed by atoms with E-state index in [1.165, 1.54) is 12.1 Å². The highest BCUT2D eigenvalue weighted by Gasteiger charge is 2.35. The Morgan fingerprint density at radius 3 is 2.35 bits per heavy atom. The number of nitrogens with one attached hydrogen (secondary N) is 1. The van der Waals surface area contributed by atoms with Crippen molar-refractivity contribution < 1.29 is 18.0 Å². The summed E-state index contributed by atoms with van der Waals surface area (Å²) in [6, 6.07) is 6.68. The summed E-state index contributed by atoms with van der Waals surface area (Å²) in [4.78, 5) is 14.3. The van der Waals surface area contributed by atoms with Crippen molar-refractivity contribution in [3.8, 4) is 6.07 Å². The second-order valence-corrected chi connectivity index (χ2v) is 7.03. The zero-order valence-electron chi connectivity index (χ0n) is 15.1. The van der Waals surface area contributed by atoms with Crippen LogP contribution in [0.3, 0.4) is 0 Å². The quantitative estimate of drug-likeness (QED) is 0.860. The van der Waals surface area contributed by atoms with Crippen molar-refractivity contribution in [2.45, 2.75) is 63.3 Å². The van der Waals surface area contributed by atoms with Gasteiger partial charge in [-0.25, -0.2) is 0 Å². The maximum Gasteiger partial charge on any atom is 0.416 e. The summed E-state index contributed by atoms with van der Waals surface area (Å²) >= 11 is 0. The van der Waals surface area contributed by atoms with Gasteiger partial charge in [0.25, 0.3) is 0 Å². The van der Waals surface area contributed by atoms with Crippen LogP contribution in [0.1, 0.15) is 50.2 Å². The Morgan fingerprint density at radius 1 is 1.27 bits per heavy atom. The van der Waals surface area contributed by atoms with Crippen LogP contribution in [-0.2, 0) is 17.5 Å². The van der Waals surface area contributed by atoms with E-state index in [1.807, 2.05) is 0 Å². The van der Waals surface area contributed by atoms with Crippen molar-refractivity contribution in [3.63, 3.8) is 0 Å². The van der Waals surface area contributed by atoms with Crippen molar-refractivity contribution in [2.75, 3.05) is 7.05 Å². The average Bonchev–Trinajstić information content (AvgIpc) is 2.61. The van der Waals surface area contributed by atoms with Gasteiger partial charge in [0.15, 0.2) is 0 Å². The summed E-state index contributed by atoms with van der Waals surface area (Å²) in [6.07, 6.45) is -0.131. The molecule has 0 heterocycles. The summed E-state index contributed by atoms with van der Waals surface area (Å²) in [7, 11) is 1.74. The van der Waals surface area contributed by atoms with Gasteiger partial charge in [0.2, 0.25) is 5.91 Å². The van der Waals surface area contributed by atoms with Crippen LogP contribution in [0.25, 0.3) is 0 Å². The molecule has 0 radical (unpaired) electrons. The molecule has 2 rings (SSSR count). The molecule has 1 amide bonds. The number of halogens is 3. The summed E-state index contributed by atoms with van der Waals surface area (Å²) in [5, 5.41) is 12.4. The molecule has 1 aliphatic rings. The smallest absolute Gasteiger partial charge is 0.336 e. The second kappa shape index (κ2) is 8.09. The molecule has 1 saturated carbocycles. The van der Waals surface area contributed by atoms with Gasteiger partial charge in [0, 0.05) is 6.54 Å². The van der Waals surface area contributed by atoms with Gasteiger partial charge in [-0.3, -0.25) is 9.69 Å². The number of rotatable bonds is 5. The molecule has 1 aromatic carbocycles. The van der Waals surface area contributed by atoms with E-state index in [1.54, 1.807) is 18.9 Å². The first-order valence-electron chi connectivity index (χ1n) is 8.76. The average molecular weight is 367 g/mol. The van der Waals surface area contributed by atoms with E-state index in [0.29, 0.717) is 24.9 Å². The molecule has 0 aliphatic heterocycles. The number of benzene rings is 1. The Balaban J connectivity index is 1.97. The van der Waals surface area contributed by atoms with E-state index < -0.39 is 23.3 Å². The lowest BCUT2D eigenvalue weighted by atomic mass is 9.82. The number of nitriles is 1. The van der Waals surface area contributed by atoms with Crippen LogP contribution in [0.2, 0.25) is 0 Å². The number of nitrogens with zero attached hydrogens (tertiary/aromatic N) is 2. The highest BCUT2D eigenvalue weighted by atomic mass is 19.4. The lowest BCUT2D eigenvalue weighted by molar-refractivity contribution is -0.137. The van der Waals surface area contributed by atoms with Crippen molar-refractivity contribution in [3.05, 3.63) is 35.4 Å². The minimum absolute atomic E-state index is 0.233. The molecule has 142 valence electrons. The molecule has 0 aromatic heterocycles. The molecule has 1 N–H and O–H groups in total. The minimum Gasteiger partial charge on any atom is -0.336 e. The zero-order chi connectivity index (χ0) is 19.4. The maximum absolute atomic E-state index is 12.6. The summed E-state index contributed by atoms with van der Waals surface area (Å²) in [5.74, 6) is -0.233. The van der Waals surface area contributed by atoms with E-state index in [2.05, 4.69) is 11.4 Å². The molecule has 1 fully saturated rings. The molecule has 0 unspecified atom stereocenters. The molecule has 0 saturated heterocycles. The third-order valence-corrected chi connectivity index (χ3v) is 5.04. The van der Waals surface area contributed by atoms with Crippen molar-refractivity contribution in [2.24, 2.45) is 0 Å². The number of hydrogen-bond acceptors (Lipinski definition) is 3. The van der Waals surface area contributed by atoms with Crippen LogP contribution < -0.4 is 5.32 Å². The Hall–Kier alpha value is -2.07. The van der Waals surface area contributed by atoms with E-state index in [-0.39, 0.29) is 5.91 Å². The van der Waals surface area contributed by atoms with Gasteiger partial charge >= 0.3 is 6.18 Å². The molecule has 4 nitrogen and oxygen atoms in total. The Bertz CT molecular complexity index is 658. The Labute approximate surface area is 152 Å². The number of carbonyl (C=O) groups is 1. The van der Waals surface area contributed by atoms with Crippen molar-refractivity contribution >= 4 is 5.91 Å². The maximum atomic E-state index is 12.6. The number of likely N-dealkylation sites (N-methyl/N-ethyl adjacent to an activating group) is 1. The topological polar surface area (TPSA) is 56.1 Å². The second-order valence-electron chi connectivity index (χ2n) is 7.03. The summed E-state index contributed by atoms with van der Waals surface area (Å²) in [6.45, 7) is 2.07. The fourth-order valence-corrected chi connectivity index (χ4v) is 3.18. The largest absolute Gasteiger partial charge is 0.416 e. The van der Waals surface area contributed by atoms with Crippen LogP contribution in [0.5, 0.6) is 0 Å². The molecule has 1 aliphatic carbocycles. The number of amides is 1. The first kappa shape index (κ1) is 20.2. The predicted octanol–water partition coefficient (Wildman–Crippen LogP) is 3.87. The van der Waals surface area contributed by atoms with Crippen molar-refractivity contribution in [1.82, 2.24) is 10.2 Å². The van der Waals surface area contributed by atoms with Crippen LogP contribution in [0, 0.1) is 11.3 Å². The summed E-state index contributed by atoms with van der Waals surface area (Å²) in [5.41, 5.74) is -0.797. The van der Waals surface area contributed by atoms with Gasteiger partial charge in [-0.05, 0) is 44.5 Å². The molecule has 1 atom stereocenters. The highest BCUT2D eigenvalue weighted by molar-refractivity contribution is 5.82. The molecule has 26 heavy (non-hydrogen) atoms. The van der Waals surface area contributed by atoms with Crippen molar-refractivity contribution in [1.29, 1.82) is 5.26 Å². The van der Waals surface area contributed by atoms with Crippen LogP contribution in [0.4, 0.5) is 13.2 Å². The zero-order valence-corrected chi connectivity index (χ0v) is 15.1. The van der Waals surface area contributed by atoms with E-state index in [9.17, 15) is 23.2 Å². The monoisotopic (exact) mass is 367 g/mol. The third-order valence-electron chi connectivity index (χ3n) is 5.04. The van der Waals surface area contributed by atoms with E-state index >= 15 is 0 Å². The van der Waals surface area contributed by atoms with Gasteiger partial charge in [0.05, 0.1) is 17.7 Å². The lowest BCUT2D eigenvalue weighted by Crippen LogP contribution is -2.54. The normalized spacial score (nSPS) is 18.2. The molecule has 7 heteroatoms. The van der Waals surface area contributed by atoms with E-state index in [4.69, 9.17) is 0 Å². The van der Waals surface area contributed by atoms with Gasteiger partial charge in [0.1, 0.15) is 5.54 Å². The van der Waals surface area contributed by atoms with Gasteiger partial charge in [-0.15, -0.1) is 0 Å². The molecule has 0 bridgehead atoms. The number of alkyl halides is 3. The first-order valence-corrected chi connectivity index (χ1v) is 8.76. The standard InChI is InChI=1S/C19H24F3N3O/c1-14(17(26)24-18(13-23)10-4-3-5-11-18)25(2)12-15-6-8-16(9-7-15)19(20,21)22/h6-9,14H,3-5,10-12H2,1-2H3,(H,24,26)/t14-/m1/s1. The summed E-state index contributed by atoms with van der Waals surface area (Å²) < 4.78 is 37.9. The highest BCUT2D eigenvalue weighted by Crippen LogP contribution is 2.29. The van der Waals surface area contributed by atoms with E-state index in [0.717, 1.165) is 31.4 Å². The minimum atomic E-state index is -4.36. The Morgan fingerprint density at radius 2 is 1.85 bits per heavy atom. The lowest BCUT2D eigenvalue weighted by Gasteiger charge is -2.34. The van der Waals surface area contributed by atoms with Gasteiger partial charge in [-0.1, -0.05) is 31.4 Å². The molecule has 1 aromatic rings. The molecular weight excluding hydrogens is 343 g/mol. The number of hydrogen-bond donors (Lipinski definition) is 1. The first-order chi connectivity index (χ1) is 12.2. The fraction of sp³-hybridized carbons (Fsp3) is 0.579.